The van der Waals surface area contributed by atoms with Gasteiger partial charge in [0.1, 0.15) is 5.75 Å². The summed E-state index contributed by atoms with van der Waals surface area (Å²) in [5.41, 5.74) is 0.956. The van der Waals surface area contributed by atoms with Crippen molar-refractivity contribution < 1.29 is 19.1 Å². The molecule has 0 unspecified atom stereocenters. The number of amides is 3. The van der Waals surface area contributed by atoms with E-state index in [1.54, 1.807) is 29.2 Å². The fourth-order valence-electron chi connectivity index (χ4n) is 3.66. The van der Waals surface area contributed by atoms with Crippen molar-refractivity contribution in [3.8, 4) is 5.75 Å². The van der Waals surface area contributed by atoms with Crippen molar-refractivity contribution in [2.75, 3.05) is 45.9 Å². The third kappa shape index (κ3) is 4.14. The third-order valence-electron chi connectivity index (χ3n) is 5.35. The molecule has 2 aliphatic heterocycles. The van der Waals surface area contributed by atoms with Crippen LogP contribution in [0.4, 0.5) is 0 Å². The maximum atomic E-state index is 12.4. The molecule has 29 heavy (non-hydrogen) atoms. The van der Waals surface area contributed by atoms with Crippen LogP contribution < -0.4 is 4.74 Å². The molecule has 2 aromatic rings. The molecule has 0 aliphatic carbocycles. The summed E-state index contributed by atoms with van der Waals surface area (Å²) in [4.78, 5) is 42.5. The van der Waals surface area contributed by atoms with Crippen molar-refractivity contribution in [3.63, 3.8) is 0 Å². The summed E-state index contributed by atoms with van der Waals surface area (Å²) in [5, 5.41) is 0. The fourth-order valence-corrected chi connectivity index (χ4v) is 3.66. The lowest BCUT2D eigenvalue weighted by Crippen LogP contribution is -2.51. The van der Waals surface area contributed by atoms with Crippen LogP contribution in [0.1, 0.15) is 20.7 Å². The first-order chi connectivity index (χ1) is 14.1. The number of hydrogen-bond acceptors (Lipinski definition) is 5. The highest BCUT2D eigenvalue weighted by Gasteiger charge is 2.35. The van der Waals surface area contributed by atoms with Gasteiger partial charge in [0.15, 0.2) is 6.61 Å². The van der Waals surface area contributed by atoms with Crippen LogP contribution in [0.15, 0.2) is 54.6 Å². The number of carbonyl (C=O) groups excluding carboxylic acids is 3. The first kappa shape index (κ1) is 19.1. The second kappa shape index (κ2) is 8.45. The smallest absolute Gasteiger partial charge is 0.261 e. The monoisotopic (exact) mass is 393 g/mol. The Morgan fingerprint density at radius 1 is 0.793 bits per heavy atom. The van der Waals surface area contributed by atoms with Gasteiger partial charge in [0.05, 0.1) is 11.1 Å². The van der Waals surface area contributed by atoms with Crippen molar-refractivity contribution >= 4 is 17.7 Å². The topological polar surface area (TPSA) is 70.2 Å². The van der Waals surface area contributed by atoms with Gasteiger partial charge in [-0.05, 0) is 24.3 Å². The van der Waals surface area contributed by atoms with E-state index in [0.717, 1.165) is 0 Å². The van der Waals surface area contributed by atoms with Crippen molar-refractivity contribution in [3.05, 3.63) is 65.7 Å². The number of benzene rings is 2. The van der Waals surface area contributed by atoms with Crippen LogP contribution in [0.2, 0.25) is 0 Å². The maximum Gasteiger partial charge on any atom is 0.261 e. The summed E-state index contributed by atoms with van der Waals surface area (Å²) in [6.07, 6.45) is 0. The van der Waals surface area contributed by atoms with Gasteiger partial charge in [-0.3, -0.25) is 24.2 Å². The van der Waals surface area contributed by atoms with E-state index in [4.69, 9.17) is 4.74 Å². The van der Waals surface area contributed by atoms with Gasteiger partial charge >= 0.3 is 0 Å². The fraction of sp³-hybridized carbons (Fsp3) is 0.318. The summed E-state index contributed by atoms with van der Waals surface area (Å²) in [7, 11) is 0. The number of nitrogens with zero attached hydrogens (tertiary/aromatic N) is 3. The Labute approximate surface area is 169 Å². The molecule has 4 rings (SSSR count). The molecule has 0 radical (unpaired) electrons. The summed E-state index contributed by atoms with van der Waals surface area (Å²) in [5.74, 6) is 0.198. The van der Waals surface area contributed by atoms with Gasteiger partial charge in [-0.15, -0.1) is 0 Å². The molecular weight excluding hydrogens is 370 g/mol. The van der Waals surface area contributed by atoms with E-state index in [0.29, 0.717) is 56.1 Å². The largest absolute Gasteiger partial charge is 0.484 e. The SMILES string of the molecule is O=C(COc1ccccc1)N1CCN(CCN2C(=O)c3ccccc3C2=O)CC1. The molecular formula is C22H23N3O4. The van der Waals surface area contributed by atoms with Crippen molar-refractivity contribution in [1.29, 1.82) is 0 Å². The molecule has 0 bridgehead atoms. The normalized spacial score (nSPS) is 16.8. The third-order valence-corrected chi connectivity index (χ3v) is 5.35. The van der Waals surface area contributed by atoms with E-state index in [2.05, 4.69) is 4.90 Å². The van der Waals surface area contributed by atoms with Gasteiger partial charge in [0, 0.05) is 39.3 Å². The van der Waals surface area contributed by atoms with E-state index in [1.807, 2.05) is 30.3 Å². The highest BCUT2D eigenvalue weighted by atomic mass is 16.5. The molecule has 0 atom stereocenters. The van der Waals surface area contributed by atoms with Crippen LogP contribution >= 0.6 is 0 Å². The summed E-state index contributed by atoms with van der Waals surface area (Å²) >= 11 is 0. The summed E-state index contributed by atoms with van der Waals surface area (Å²) in [6.45, 7) is 3.63. The van der Waals surface area contributed by atoms with Crippen LogP contribution in [0.25, 0.3) is 0 Å². The lowest BCUT2D eigenvalue weighted by Gasteiger charge is -2.35. The van der Waals surface area contributed by atoms with Gasteiger partial charge in [-0.2, -0.15) is 0 Å². The number of imide groups is 1. The zero-order valence-corrected chi connectivity index (χ0v) is 16.1. The Hall–Kier alpha value is -3.19. The molecule has 0 N–H and O–H groups in total. The van der Waals surface area contributed by atoms with Gasteiger partial charge in [-0.1, -0.05) is 30.3 Å². The second-order valence-corrected chi connectivity index (χ2v) is 7.13. The minimum atomic E-state index is -0.225. The number of rotatable bonds is 6. The van der Waals surface area contributed by atoms with E-state index in [-0.39, 0.29) is 24.3 Å². The summed E-state index contributed by atoms with van der Waals surface area (Å²) in [6, 6.07) is 16.2. The van der Waals surface area contributed by atoms with E-state index >= 15 is 0 Å². The molecule has 2 heterocycles. The molecule has 0 spiro atoms. The van der Waals surface area contributed by atoms with Crippen LogP contribution in [-0.2, 0) is 4.79 Å². The molecule has 7 nitrogen and oxygen atoms in total. The molecule has 7 heteroatoms. The van der Waals surface area contributed by atoms with Crippen molar-refractivity contribution in [1.82, 2.24) is 14.7 Å². The minimum absolute atomic E-state index is 0.0268. The van der Waals surface area contributed by atoms with Gasteiger partial charge in [0.25, 0.3) is 17.7 Å². The Morgan fingerprint density at radius 2 is 1.38 bits per heavy atom. The Balaban J connectivity index is 1.22. The average Bonchev–Trinajstić information content (AvgIpc) is 3.02. The van der Waals surface area contributed by atoms with Gasteiger partial charge < -0.3 is 9.64 Å². The molecule has 1 fully saturated rings. The minimum Gasteiger partial charge on any atom is -0.484 e. The van der Waals surface area contributed by atoms with Crippen molar-refractivity contribution in [2.24, 2.45) is 0 Å². The highest BCUT2D eigenvalue weighted by Crippen LogP contribution is 2.22. The number of carbonyl (C=O) groups is 3. The molecule has 0 aromatic heterocycles. The van der Waals surface area contributed by atoms with E-state index < -0.39 is 0 Å². The van der Waals surface area contributed by atoms with Crippen LogP contribution in [0, 0.1) is 0 Å². The molecule has 1 saturated heterocycles. The number of fused-ring (bicyclic) bond motifs is 1. The van der Waals surface area contributed by atoms with Gasteiger partial charge in [0.2, 0.25) is 0 Å². The molecule has 150 valence electrons. The molecule has 0 saturated carbocycles. The standard InChI is InChI=1S/C22H23N3O4/c26-20(16-29-17-6-2-1-3-7-17)24-13-10-23(11-14-24)12-15-25-21(27)18-8-4-5-9-19(18)22(25)28/h1-9H,10-16H2. The molecule has 3 amide bonds. The quantitative estimate of drug-likeness (QED) is 0.696. The lowest BCUT2D eigenvalue weighted by molar-refractivity contribution is -0.135. The van der Waals surface area contributed by atoms with Crippen LogP contribution in [0.5, 0.6) is 5.75 Å². The molecule has 2 aromatic carbocycles. The Morgan fingerprint density at radius 3 is 2.00 bits per heavy atom. The van der Waals surface area contributed by atoms with Crippen molar-refractivity contribution in [2.45, 2.75) is 0 Å². The molecule has 2 aliphatic rings. The zero-order valence-electron chi connectivity index (χ0n) is 16.1. The summed E-state index contributed by atoms with van der Waals surface area (Å²) < 4.78 is 5.53. The predicted octanol–water partition coefficient (Wildman–Crippen LogP) is 1.51. The zero-order chi connectivity index (χ0) is 20.2. The first-order valence-corrected chi connectivity index (χ1v) is 9.76. The average molecular weight is 393 g/mol. The highest BCUT2D eigenvalue weighted by molar-refractivity contribution is 6.21. The number of piperazine rings is 1. The predicted molar refractivity (Wildman–Crippen MR) is 107 cm³/mol. The van der Waals surface area contributed by atoms with Crippen LogP contribution in [0.3, 0.4) is 0 Å². The Bertz CT molecular complexity index is 872. The number of para-hydroxylation sites is 1. The Kier molecular flexibility index (Phi) is 5.57. The maximum absolute atomic E-state index is 12.4. The van der Waals surface area contributed by atoms with Gasteiger partial charge in [-0.25, -0.2) is 0 Å². The van der Waals surface area contributed by atoms with Crippen LogP contribution in [-0.4, -0.2) is 78.3 Å². The lowest BCUT2D eigenvalue weighted by atomic mass is 10.1. The number of ether oxygens (including phenoxy) is 1. The number of hydrogen-bond donors (Lipinski definition) is 0. The second-order valence-electron chi connectivity index (χ2n) is 7.13. The van der Waals surface area contributed by atoms with E-state index in [9.17, 15) is 14.4 Å². The van der Waals surface area contributed by atoms with E-state index in [1.165, 1.54) is 4.90 Å². The first-order valence-electron chi connectivity index (χ1n) is 9.76.